The molecule has 0 saturated heterocycles. The first-order valence-corrected chi connectivity index (χ1v) is 5.37. The molecule has 0 radical (unpaired) electrons. The standard InChI is InChI=1S/C10H19ClO4/c1-10(2,3)9(7(13)5-11)6(12)4-8(14)15/h6-7,9,12-13H,4-5H2,1-3H3,(H,14,15)/t6-,7+,9?/m0/s1. The zero-order valence-corrected chi connectivity index (χ0v) is 10.0. The van der Waals surface area contributed by atoms with Crippen LogP contribution in [0.5, 0.6) is 0 Å². The van der Waals surface area contributed by atoms with Crippen LogP contribution >= 0.6 is 11.6 Å². The van der Waals surface area contributed by atoms with Gasteiger partial charge in [-0.2, -0.15) is 0 Å². The number of halogens is 1. The van der Waals surface area contributed by atoms with Gasteiger partial charge in [-0.15, -0.1) is 11.6 Å². The average molecular weight is 239 g/mol. The number of aliphatic hydroxyl groups is 2. The van der Waals surface area contributed by atoms with E-state index in [9.17, 15) is 15.0 Å². The van der Waals surface area contributed by atoms with Crippen LogP contribution in [0.1, 0.15) is 27.2 Å². The molecule has 0 saturated carbocycles. The maximum Gasteiger partial charge on any atom is 0.305 e. The van der Waals surface area contributed by atoms with Crippen LogP contribution in [0, 0.1) is 11.3 Å². The molecule has 5 heteroatoms. The third-order valence-electron chi connectivity index (χ3n) is 2.37. The topological polar surface area (TPSA) is 77.8 Å². The maximum absolute atomic E-state index is 10.5. The number of aliphatic carboxylic acids is 1. The Morgan fingerprint density at radius 1 is 1.27 bits per heavy atom. The second-order valence-electron chi connectivity index (χ2n) is 4.78. The van der Waals surface area contributed by atoms with Crippen molar-refractivity contribution in [3.05, 3.63) is 0 Å². The van der Waals surface area contributed by atoms with Gasteiger partial charge in [-0.25, -0.2) is 0 Å². The SMILES string of the molecule is CC(C)(C)C([C@H](O)CCl)[C@@H](O)CC(=O)O. The van der Waals surface area contributed by atoms with E-state index in [4.69, 9.17) is 16.7 Å². The van der Waals surface area contributed by atoms with Gasteiger partial charge in [-0.05, 0) is 5.41 Å². The van der Waals surface area contributed by atoms with Crippen molar-refractivity contribution in [2.75, 3.05) is 5.88 Å². The smallest absolute Gasteiger partial charge is 0.305 e. The second-order valence-corrected chi connectivity index (χ2v) is 5.09. The lowest BCUT2D eigenvalue weighted by Crippen LogP contribution is -2.42. The van der Waals surface area contributed by atoms with E-state index in [2.05, 4.69) is 0 Å². The fourth-order valence-corrected chi connectivity index (χ4v) is 2.00. The van der Waals surface area contributed by atoms with Crippen LogP contribution in [0.3, 0.4) is 0 Å². The molecule has 3 N–H and O–H groups in total. The average Bonchev–Trinajstić information content (AvgIpc) is 1.99. The predicted molar refractivity (Wildman–Crippen MR) is 57.9 cm³/mol. The number of hydrogen-bond donors (Lipinski definition) is 3. The van der Waals surface area contributed by atoms with Crippen LogP contribution in [0.15, 0.2) is 0 Å². The van der Waals surface area contributed by atoms with E-state index in [1.165, 1.54) is 0 Å². The lowest BCUT2D eigenvalue weighted by molar-refractivity contribution is -0.142. The van der Waals surface area contributed by atoms with E-state index in [0.717, 1.165) is 0 Å². The molecule has 0 bridgehead atoms. The molecule has 0 aromatic heterocycles. The molecule has 0 heterocycles. The molecule has 0 spiro atoms. The van der Waals surface area contributed by atoms with Gasteiger partial charge in [0, 0.05) is 11.8 Å². The summed E-state index contributed by atoms with van der Waals surface area (Å²) < 4.78 is 0. The van der Waals surface area contributed by atoms with Crippen molar-refractivity contribution >= 4 is 17.6 Å². The molecule has 0 rings (SSSR count). The van der Waals surface area contributed by atoms with E-state index < -0.39 is 29.5 Å². The molecule has 0 fully saturated rings. The summed E-state index contributed by atoms with van der Waals surface area (Å²) in [6, 6.07) is 0. The number of carboxylic acids is 1. The fraction of sp³-hybridized carbons (Fsp3) is 0.900. The van der Waals surface area contributed by atoms with Crippen LogP contribution in [0.25, 0.3) is 0 Å². The third kappa shape index (κ3) is 4.82. The minimum absolute atomic E-state index is 0.0153. The highest BCUT2D eigenvalue weighted by Crippen LogP contribution is 2.33. The first-order valence-electron chi connectivity index (χ1n) is 4.84. The van der Waals surface area contributed by atoms with Crippen LogP contribution in [-0.2, 0) is 4.79 Å². The first-order chi connectivity index (χ1) is 6.70. The molecule has 90 valence electrons. The maximum atomic E-state index is 10.5. The van der Waals surface area contributed by atoms with E-state index >= 15 is 0 Å². The Bertz CT molecular complexity index is 212. The molecule has 3 atom stereocenters. The zero-order valence-electron chi connectivity index (χ0n) is 9.27. The van der Waals surface area contributed by atoms with Crippen molar-refractivity contribution in [2.45, 2.75) is 39.4 Å². The normalized spacial score (nSPS) is 18.3. The molecule has 0 aliphatic rings. The third-order valence-corrected chi connectivity index (χ3v) is 2.69. The van der Waals surface area contributed by atoms with Crippen molar-refractivity contribution in [1.82, 2.24) is 0 Å². The Labute approximate surface area is 94.9 Å². The summed E-state index contributed by atoms with van der Waals surface area (Å²) >= 11 is 5.52. The highest BCUT2D eigenvalue weighted by atomic mass is 35.5. The summed E-state index contributed by atoms with van der Waals surface area (Å²) in [5.74, 6) is -1.65. The molecule has 1 unspecified atom stereocenters. The van der Waals surface area contributed by atoms with Gasteiger partial charge >= 0.3 is 5.97 Å². The number of carboxylic acid groups (broad SMARTS) is 1. The highest BCUT2D eigenvalue weighted by molar-refractivity contribution is 6.18. The Kier molecular flexibility index (Phi) is 5.56. The summed E-state index contributed by atoms with van der Waals surface area (Å²) in [5, 5.41) is 27.9. The van der Waals surface area contributed by atoms with Crippen LogP contribution in [0.2, 0.25) is 0 Å². The number of alkyl halides is 1. The summed E-state index contributed by atoms with van der Waals surface area (Å²) in [6.45, 7) is 5.50. The minimum atomic E-state index is -1.09. The van der Waals surface area contributed by atoms with Gasteiger partial charge in [-0.1, -0.05) is 20.8 Å². The lowest BCUT2D eigenvalue weighted by Gasteiger charge is -2.36. The zero-order chi connectivity index (χ0) is 12.2. The monoisotopic (exact) mass is 238 g/mol. The number of carbonyl (C=O) groups is 1. The summed E-state index contributed by atoms with van der Waals surface area (Å²) in [5.41, 5.74) is -0.400. The van der Waals surface area contributed by atoms with Gasteiger partial charge in [0.25, 0.3) is 0 Å². The number of hydrogen-bond acceptors (Lipinski definition) is 3. The molecule has 0 amide bonds. The van der Waals surface area contributed by atoms with Crippen molar-refractivity contribution < 1.29 is 20.1 Å². The first kappa shape index (κ1) is 14.7. The van der Waals surface area contributed by atoms with Gasteiger partial charge in [-0.3, -0.25) is 4.79 Å². The van der Waals surface area contributed by atoms with Crippen molar-refractivity contribution in [3.63, 3.8) is 0 Å². The molecule has 0 aromatic rings. The van der Waals surface area contributed by atoms with E-state index in [1.807, 2.05) is 20.8 Å². The van der Waals surface area contributed by atoms with Crippen LogP contribution < -0.4 is 0 Å². The van der Waals surface area contributed by atoms with E-state index in [-0.39, 0.29) is 12.3 Å². The lowest BCUT2D eigenvalue weighted by atomic mass is 9.73. The molecular weight excluding hydrogens is 220 g/mol. The van der Waals surface area contributed by atoms with Gasteiger partial charge in [0.2, 0.25) is 0 Å². The molecule has 0 aliphatic heterocycles. The van der Waals surface area contributed by atoms with Crippen LogP contribution in [-0.4, -0.2) is 39.4 Å². The van der Waals surface area contributed by atoms with E-state index in [1.54, 1.807) is 0 Å². The van der Waals surface area contributed by atoms with Gasteiger partial charge in [0.1, 0.15) is 0 Å². The number of rotatable bonds is 5. The quantitative estimate of drug-likeness (QED) is 0.627. The Balaban J connectivity index is 4.70. The van der Waals surface area contributed by atoms with Gasteiger partial charge in [0.15, 0.2) is 0 Å². The fourth-order valence-electron chi connectivity index (χ4n) is 1.81. The summed E-state index contributed by atoms with van der Waals surface area (Å²) in [4.78, 5) is 10.5. The molecule has 0 aromatic carbocycles. The molecular formula is C10H19ClO4. The second kappa shape index (κ2) is 5.68. The van der Waals surface area contributed by atoms with Gasteiger partial charge < -0.3 is 15.3 Å². The molecule has 0 aliphatic carbocycles. The minimum Gasteiger partial charge on any atom is -0.481 e. The highest BCUT2D eigenvalue weighted by Gasteiger charge is 2.37. The summed E-state index contributed by atoms with van der Waals surface area (Å²) in [7, 11) is 0. The Hall–Kier alpha value is -0.320. The van der Waals surface area contributed by atoms with Crippen LogP contribution in [0.4, 0.5) is 0 Å². The Morgan fingerprint density at radius 3 is 2.00 bits per heavy atom. The van der Waals surface area contributed by atoms with Crippen molar-refractivity contribution in [1.29, 1.82) is 0 Å². The Morgan fingerprint density at radius 2 is 1.73 bits per heavy atom. The largest absolute Gasteiger partial charge is 0.481 e. The van der Waals surface area contributed by atoms with Crippen molar-refractivity contribution in [3.8, 4) is 0 Å². The molecule has 4 nitrogen and oxygen atoms in total. The summed E-state index contributed by atoms with van der Waals surface area (Å²) in [6.07, 6.45) is -2.37. The van der Waals surface area contributed by atoms with Gasteiger partial charge in [0.05, 0.1) is 18.6 Å². The van der Waals surface area contributed by atoms with E-state index in [0.29, 0.717) is 0 Å². The number of aliphatic hydroxyl groups excluding tert-OH is 2. The van der Waals surface area contributed by atoms with Crippen molar-refractivity contribution in [2.24, 2.45) is 11.3 Å². The molecule has 15 heavy (non-hydrogen) atoms. The predicted octanol–water partition coefficient (Wildman–Crippen LogP) is 1.08.